The first-order valence-corrected chi connectivity index (χ1v) is 16.1. The molecule has 0 N–H and O–H groups in total. The second kappa shape index (κ2) is 9.12. The van der Waals surface area contributed by atoms with Crippen LogP contribution in [0.5, 0.6) is 0 Å². The van der Waals surface area contributed by atoms with Crippen LogP contribution < -0.4 is 0 Å². The maximum absolute atomic E-state index is 6.72. The average Bonchev–Trinajstić information content (AvgIpc) is 3.79. The number of hydrogen-bond donors (Lipinski definition) is 0. The van der Waals surface area contributed by atoms with Crippen LogP contribution in [0.1, 0.15) is 0 Å². The maximum Gasteiger partial charge on any atom is 0.160 e. The first kappa shape index (κ1) is 24.9. The number of para-hydroxylation sites is 3. The molecule has 0 atom stereocenters. The zero-order valence-electron chi connectivity index (χ0n) is 25.3. The Labute approximate surface area is 269 Å². The van der Waals surface area contributed by atoms with Gasteiger partial charge in [-0.2, -0.15) is 0 Å². The van der Waals surface area contributed by atoms with Crippen LogP contribution in [0.15, 0.2) is 162 Å². The lowest BCUT2D eigenvalue weighted by atomic mass is 10.00. The van der Waals surface area contributed by atoms with Crippen molar-refractivity contribution in [3.8, 4) is 11.4 Å². The van der Waals surface area contributed by atoms with Crippen molar-refractivity contribution in [2.45, 2.75) is 0 Å². The molecule has 0 aliphatic rings. The molecule has 3 heterocycles. The number of benzene rings is 8. The standard InChI is InChI=1S/C44H26N2O/c1-2-13-28(14-3-1)45-41-35(36-24-25-37-33-19-9-11-21-40(33)47-44(37)43(36)45)23-22-34-32-18-8-10-20-38(32)46(42(34)41)39-26-27-12-4-5-15-29(27)30-16-6-7-17-31(30)39/h1-26H. The van der Waals surface area contributed by atoms with Crippen LogP contribution in [0.25, 0.3) is 98.5 Å². The first-order valence-electron chi connectivity index (χ1n) is 16.1. The number of nitrogens with zero attached hydrogens (tertiary/aromatic N) is 2. The molecule has 11 aromatic rings. The van der Waals surface area contributed by atoms with E-state index in [9.17, 15) is 0 Å². The highest BCUT2D eigenvalue weighted by molar-refractivity contribution is 6.28. The maximum atomic E-state index is 6.72. The van der Waals surface area contributed by atoms with Gasteiger partial charge >= 0.3 is 0 Å². The molecule has 0 amide bonds. The van der Waals surface area contributed by atoms with E-state index in [2.05, 4.69) is 161 Å². The Bertz CT molecular complexity index is 3070. The van der Waals surface area contributed by atoms with Crippen molar-refractivity contribution in [3.63, 3.8) is 0 Å². The number of furan rings is 1. The third-order valence-corrected chi connectivity index (χ3v) is 10.1. The summed E-state index contributed by atoms with van der Waals surface area (Å²) in [5.74, 6) is 0. The van der Waals surface area contributed by atoms with Crippen molar-refractivity contribution in [1.29, 1.82) is 0 Å². The summed E-state index contributed by atoms with van der Waals surface area (Å²) in [4.78, 5) is 0. The van der Waals surface area contributed by atoms with Crippen LogP contribution in [0, 0.1) is 0 Å². The molecule has 0 unspecified atom stereocenters. The Morgan fingerprint density at radius 2 is 0.936 bits per heavy atom. The van der Waals surface area contributed by atoms with Gasteiger partial charge in [0.15, 0.2) is 5.58 Å². The van der Waals surface area contributed by atoms with E-state index in [4.69, 9.17) is 4.42 Å². The van der Waals surface area contributed by atoms with Gasteiger partial charge in [0.25, 0.3) is 0 Å². The molecule has 8 aromatic carbocycles. The van der Waals surface area contributed by atoms with E-state index in [1.54, 1.807) is 0 Å². The molecule has 47 heavy (non-hydrogen) atoms. The predicted octanol–water partition coefficient (Wildman–Crippen LogP) is 12.1. The Kier molecular flexibility index (Phi) is 4.84. The Hall–Kier alpha value is -6.32. The van der Waals surface area contributed by atoms with Gasteiger partial charge < -0.3 is 13.6 Å². The van der Waals surface area contributed by atoms with Crippen molar-refractivity contribution in [3.05, 3.63) is 158 Å². The number of rotatable bonds is 2. The van der Waals surface area contributed by atoms with Crippen LogP contribution in [0.2, 0.25) is 0 Å². The first-order chi connectivity index (χ1) is 23.3. The second-order valence-electron chi connectivity index (χ2n) is 12.5. The quantitative estimate of drug-likeness (QED) is 0.182. The highest BCUT2D eigenvalue weighted by Gasteiger charge is 2.24. The highest BCUT2D eigenvalue weighted by Crippen LogP contribution is 2.46. The lowest BCUT2D eigenvalue weighted by Crippen LogP contribution is -2.00. The van der Waals surface area contributed by atoms with Gasteiger partial charge in [-0.1, -0.05) is 121 Å². The summed E-state index contributed by atoms with van der Waals surface area (Å²) in [5, 5.41) is 12.1. The molecule has 0 spiro atoms. The summed E-state index contributed by atoms with van der Waals surface area (Å²) in [6.45, 7) is 0. The summed E-state index contributed by atoms with van der Waals surface area (Å²) >= 11 is 0. The van der Waals surface area contributed by atoms with Crippen molar-refractivity contribution in [1.82, 2.24) is 9.13 Å². The van der Waals surface area contributed by atoms with Crippen molar-refractivity contribution >= 4 is 87.1 Å². The molecule has 218 valence electrons. The fraction of sp³-hybridized carbons (Fsp3) is 0. The van der Waals surface area contributed by atoms with Crippen LogP contribution in [0.4, 0.5) is 0 Å². The zero-order valence-corrected chi connectivity index (χ0v) is 25.3. The van der Waals surface area contributed by atoms with Gasteiger partial charge in [0.2, 0.25) is 0 Å². The fourth-order valence-corrected chi connectivity index (χ4v) is 8.11. The summed E-state index contributed by atoms with van der Waals surface area (Å²) in [7, 11) is 0. The molecule has 3 aromatic heterocycles. The van der Waals surface area contributed by atoms with E-state index >= 15 is 0 Å². The van der Waals surface area contributed by atoms with Gasteiger partial charge in [-0.25, -0.2) is 0 Å². The van der Waals surface area contributed by atoms with E-state index < -0.39 is 0 Å². The van der Waals surface area contributed by atoms with Gasteiger partial charge in [0.05, 0.1) is 27.8 Å². The Morgan fingerprint density at radius 3 is 1.77 bits per heavy atom. The summed E-state index contributed by atoms with van der Waals surface area (Å²) in [5.41, 5.74) is 8.74. The molecular formula is C44H26N2O. The predicted molar refractivity (Wildman–Crippen MR) is 197 cm³/mol. The molecular weight excluding hydrogens is 572 g/mol. The number of aromatic nitrogens is 2. The Balaban J connectivity index is 1.43. The van der Waals surface area contributed by atoms with E-state index in [1.165, 1.54) is 65.3 Å². The lowest BCUT2D eigenvalue weighted by Gasteiger charge is -2.16. The van der Waals surface area contributed by atoms with Crippen molar-refractivity contribution in [2.24, 2.45) is 0 Å². The smallest absolute Gasteiger partial charge is 0.160 e. The number of hydrogen-bond acceptors (Lipinski definition) is 1. The second-order valence-corrected chi connectivity index (χ2v) is 12.5. The third kappa shape index (κ3) is 3.25. The Morgan fingerprint density at radius 1 is 0.362 bits per heavy atom. The van der Waals surface area contributed by atoms with Gasteiger partial charge in [-0.15, -0.1) is 0 Å². The van der Waals surface area contributed by atoms with Gasteiger partial charge in [0.1, 0.15) is 5.58 Å². The van der Waals surface area contributed by atoms with Crippen LogP contribution >= 0.6 is 0 Å². The summed E-state index contributed by atoms with van der Waals surface area (Å²) < 4.78 is 11.7. The summed E-state index contributed by atoms with van der Waals surface area (Å²) in [6, 6.07) is 57.0. The van der Waals surface area contributed by atoms with Gasteiger partial charge in [-0.3, -0.25) is 0 Å². The molecule has 3 heteroatoms. The third-order valence-electron chi connectivity index (χ3n) is 10.1. The van der Waals surface area contributed by atoms with E-state index in [0.29, 0.717) is 0 Å². The van der Waals surface area contributed by atoms with E-state index in [0.717, 1.165) is 33.1 Å². The number of fused-ring (bicyclic) bond motifs is 14. The molecule has 0 bridgehead atoms. The van der Waals surface area contributed by atoms with Crippen molar-refractivity contribution in [2.75, 3.05) is 0 Å². The molecule has 3 nitrogen and oxygen atoms in total. The molecule has 0 fully saturated rings. The van der Waals surface area contributed by atoms with Crippen molar-refractivity contribution < 1.29 is 4.42 Å². The molecule has 0 saturated carbocycles. The SMILES string of the molecule is c1ccc(-n2c3c(ccc4c5ccccc5oc43)c3ccc4c5ccccc5n(-c5cc6ccccc6c6ccccc56)c4c32)cc1. The van der Waals surface area contributed by atoms with Crippen LogP contribution in [-0.4, -0.2) is 9.13 Å². The molecule has 0 aliphatic carbocycles. The van der Waals surface area contributed by atoms with E-state index in [-0.39, 0.29) is 0 Å². The average molecular weight is 599 g/mol. The lowest BCUT2D eigenvalue weighted by molar-refractivity contribution is 0.671. The molecule has 0 saturated heterocycles. The minimum absolute atomic E-state index is 0.904. The van der Waals surface area contributed by atoms with Gasteiger partial charge in [0, 0.05) is 43.4 Å². The minimum atomic E-state index is 0.904. The van der Waals surface area contributed by atoms with Crippen LogP contribution in [0.3, 0.4) is 0 Å². The largest absolute Gasteiger partial charge is 0.454 e. The fourth-order valence-electron chi connectivity index (χ4n) is 8.11. The van der Waals surface area contributed by atoms with Crippen LogP contribution in [-0.2, 0) is 0 Å². The normalized spacial score (nSPS) is 12.3. The monoisotopic (exact) mass is 598 g/mol. The van der Waals surface area contributed by atoms with E-state index in [1.807, 2.05) is 6.07 Å². The molecule has 11 rings (SSSR count). The minimum Gasteiger partial charge on any atom is -0.454 e. The van der Waals surface area contributed by atoms with Gasteiger partial charge in [-0.05, 0) is 52.6 Å². The zero-order chi connectivity index (χ0) is 30.6. The molecule has 0 radical (unpaired) electrons. The molecule has 0 aliphatic heterocycles. The highest BCUT2D eigenvalue weighted by atomic mass is 16.3. The summed E-state index contributed by atoms with van der Waals surface area (Å²) in [6.07, 6.45) is 0. The topological polar surface area (TPSA) is 23.0 Å².